The van der Waals surface area contributed by atoms with Crippen molar-refractivity contribution in [3.05, 3.63) is 95.9 Å². The lowest BCUT2D eigenvalue weighted by atomic mass is 10.0. The molecule has 8 heteroatoms. The van der Waals surface area contributed by atoms with Crippen molar-refractivity contribution in [3.8, 4) is 28.1 Å². The highest BCUT2D eigenvalue weighted by Crippen LogP contribution is 2.39. The zero-order valence-electron chi connectivity index (χ0n) is 18.4. The highest BCUT2D eigenvalue weighted by molar-refractivity contribution is 5.64. The molecule has 0 bridgehead atoms. The number of ether oxygens (including phenoxy) is 1. The Labute approximate surface area is 195 Å². The maximum absolute atomic E-state index is 13.8. The highest BCUT2D eigenvalue weighted by atomic mass is 19.4. The van der Waals surface area contributed by atoms with Gasteiger partial charge in [0.25, 0.3) is 0 Å². The third-order valence-electron chi connectivity index (χ3n) is 5.50. The van der Waals surface area contributed by atoms with Gasteiger partial charge in [-0.3, -0.25) is 0 Å². The van der Waals surface area contributed by atoms with Gasteiger partial charge in [-0.2, -0.15) is 13.2 Å². The summed E-state index contributed by atoms with van der Waals surface area (Å²) >= 11 is 0. The number of imidazole rings is 1. The van der Waals surface area contributed by atoms with E-state index in [-0.39, 0.29) is 30.4 Å². The van der Waals surface area contributed by atoms with Crippen LogP contribution in [0.3, 0.4) is 0 Å². The minimum Gasteiger partial charge on any atom is -0.488 e. The fourth-order valence-corrected chi connectivity index (χ4v) is 3.46. The first-order valence-corrected chi connectivity index (χ1v) is 10.6. The summed E-state index contributed by atoms with van der Waals surface area (Å²) in [6, 6.07) is 21.1. The van der Waals surface area contributed by atoms with E-state index in [1.165, 1.54) is 18.3 Å². The Balaban J connectivity index is 1.54. The first-order valence-electron chi connectivity index (χ1n) is 10.6. The standard InChI is InChI=1S/C26H24F3N3O2/c1-25(30,16-33)24-31-14-22(32-24)20-11-12-23(21(13-20)26(27,28)29)34-15-17-7-9-19(10-8-17)18-5-3-2-4-6-18/h2-14,33H,15-16,30H2,1H3,(H,31,32)/t25-/m0/s1. The number of aliphatic hydroxyl groups is 1. The van der Waals surface area contributed by atoms with Gasteiger partial charge in [-0.1, -0.05) is 54.6 Å². The molecule has 0 aliphatic carbocycles. The van der Waals surface area contributed by atoms with Gasteiger partial charge < -0.3 is 20.6 Å². The van der Waals surface area contributed by atoms with Crippen LogP contribution in [0.4, 0.5) is 13.2 Å². The number of nitrogens with two attached hydrogens (primary N) is 1. The quantitative estimate of drug-likeness (QED) is 0.335. The van der Waals surface area contributed by atoms with E-state index in [1.807, 2.05) is 54.6 Å². The van der Waals surface area contributed by atoms with E-state index in [0.717, 1.165) is 22.8 Å². The SMILES string of the molecule is C[C@](N)(CO)c1ncc(-c2ccc(OCc3ccc(-c4ccccc4)cc3)c(C(F)(F)F)c2)[nH]1. The Morgan fingerprint density at radius 2 is 1.59 bits per heavy atom. The predicted octanol–water partition coefficient (Wildman–Crippen LogP) is 5.51. The minimum atomic E-state index is -4.61. The first kappa shape index (κ1) is 23.5. The summed E-state index contributed by atoms with van der Waals surface area (Å²) in [6.07, 6.45) is -3.22. The summed E-state index contributed by atoms with van der Waals surface area (Å²) in [5.41, 5.74) is 7.37. The summed E-state index contributed by atoms with van der Waals surface area (Å²) < 4.78 is 47.0. The Morgan fingerprint density at radius 3 is 2.24 bits per heavy atom. The summed E-state index contributed by atoms with van der Waals surface area (Å²) in [7, 11) is 0. The Hall–Kier alpha value is -3.62. The maximum Gasteiger partial charge on any atom is 0.419 e. The van der Waals surface area contributed by atoms with Crippen molar-refractivity contribution >= 4 is 0 Å². The van der Waals surface area contributed by atoms with Gasteiger partial charge >= 0.3 is 6.18 Å². The molecule has 1 atom stereocenters. The molecule has 0 aliphatic heterocycles. The van der Waals surface area contributed by atoms with Gasteiger partial charge in [0.1, 0.15) is 18.2 Å². The van der Waals surface area contributed by atoms with Crippen LogP contribution in [0, 0.1) is 0 Å². The topological polar surface area (TPSA) is 84.2 Å². The van der Waals surface area contributed by atoms with Crippen LogP contribution in [0.2, 0.25) is 0 Å². The van der Waals surface area contributed by atoms with E-state index in [4.69, 9.17) is 10.5 Å². The number of alkyl halides is 3. The van der Waals surface area contributed by atoms with Crippen molar-refractivity contribution in [2.45, 2.75) is 25.2 Å². The van der Waals surface area contributed by atoms with Gasteiger partial charge in [-0.25, -0.2) is 4.98 Å². The van der Waals surface area contributed by atoms with Crippen LogP contribution in [0.15, 0.2) is 79.0 Å². The summed E-state index contributed by atoms with van der Waals surface area (Å²) in [5, 5.41) is 9.39. The highest BCUT2D eigenvalue weighted by Gasteiger charge is 2.35. The number of rotatable bonds is 7. The van der Waals surface area contributed by atoms with Gasteiger partial charge in [0.05, 0.1) is 29.6 Å². The molecule has 0 unspecified atom stereocenters. The van der Waals surface area contributed by atoms with Crippen LogP contribution in [0.25, 0.3) is 22.4 Å². The van der Waals surface area contributed by atoms with Crippen LogP contribution in [0.1, 0.15) is 23.9 Å². The summed E-state index contributed by atoms with van der Waals surface area (Å²) in [4.78, 5) is 6.99. The Kier molecular flexibility index (Phi) is 6.45. The van der Waals surface area contributed by atoms with Crippen molar-refractivity contribution in [1.29, 1.82) is 0 Å². The molecule has 4 rings (SSSR count). The molecule has 5 nitrogen and oxygen atoms in total. The average Bonchev–Trinajstić information content (AvgIpc) is 3.34. The lowest BCUT2D eigenvalue weighted by molar-refractivity contribution is -0.139. The van der Waals surface area contributed by atoms with Crippen molar-refractivity contribution in [1.82, 2.24) is 9.97 Å². The van der Waals surface area contributed by atoms with Crippen LogP contribution < -0.4 is 10.5 Å². The second kappa shape index (κ2) is 9.32. The van der Waals surface area contributed by atoms with Crippen LogP contribution in [0.5, 0.6) is 5.75 Å². The van der Waals surface area contributed by atoms with Gasteiger partial charge in [0.15, 0.2) is 0 Å². The number of nitrogens with one attached hydrogen (secondary N) is 1. The molecule has 34 heavy (non-hydrogen) atoms. The van der Waals surface area contributed by atoms with E-state index in [2.05, 4.69) is 9.97 Å². The van der Waals surface area contributed by atoms with Gasteiger partial charge in [0, 0.05) is 5.56 Å². The molecule has 0 aliphatic rings. The monoisotopic (exact) mass is 467 g/mol. The number of aromatic nitrogens is 2. The number of halogens is 3. The van der Waals surface area contributed by atoms with Crippen molar-refractivity contribution < 1.29 is 23.0 Å². The molecular formula is C26H24F3N3O2. The van der Waals surface area contributed by atoms with E-state index in [1.54, 1.807) is 6.92 Å². The molecule has 3 aromatic carbocycles. The molecule has 0 spiro atoms. The molecule has 4 N–H and O–H groups in total. The second-order valence-electron chi connectivity index (χ2n) is 8.28. The fraction of sp³-hybridized carbons (Fsp3) is 0.192. The Bertz CT molecular complexity index is 1250. The summed E-state index contributed by atoms with van der Waals surface area (Å²) in [5.74, 6) is 0.0139. The second-order valence-corrected chi connectivity index (χ2v) is 8.28. The number of nitrogens with zero attached hydrogens (tertiary/aromatic N) is 1. The van der Waals surface area contributed by atoms with E-state index in [9.17, 15) is 18.3 Å². The number of aromatic amines is 1. The molecule has 1 heterocycles. The van der Waals surface area contributed by atoms with Crippen LogP contribution >= 0.6 is 0 Å². The van der Waals surface area contributed by atoms with E-state index < -0.39 is 17.3 Å². The Morgan fingerprint density at radius 1 is 0.941 bits per heavy atom. The lowest BCUT2D eigenvalue weighted by Gasteiger charge is -2.18. The number of hydrogen-bond acceptors (Lipinski definition) is 4. The van der Waals surface area contributed by atoms with Crippen LogP contribution in [-0.4, -0.2) is 21.7 Å². The van der Waals surface area contributed by atoms with Crippen LogP contribution in [-0.2, 0) is 18.3 Å². The number of hydrogen-bond donors (Lipinski definition) is 3. The number of H-pyrrole nitrogens is 1. The summed E-state index contributed by atoms with van der Waals surface area (Å²) in [6.45, 7) is 1.20. The predicted molar refractivity (Wildman–Crippen MR) is 124 cm³/mol. The third-order valence-corrected chi connectivity index (χ3v) is 5.50. The van der Waals surface area contributed by atoms with Gasteiger partial charge in [-0.05, 0) is 41.8 Å². The smallest absolute Gasteiger partial charge is 0.419 e. The molecule has 176 valence electrons. The molecule has 4 aromatic rings. The average molecular weight is 467 g/mol. The number of aliphatic hydroxyl groups excluding tert-OH is 1. The maximum atomic E-state index is 13.8. The fourth-order valence-electron chi connectivity index (χ4n) is 3.46. The molecule has 0 saturated heterocycles. The van der Waals surface area contributed by atoms with Gasteiger partial charge in [-0.15, -0.1) is 0 Å². The zero-order valence-corrected chi connectivity index (χ0v) is 18.4. The molecule has 1 aromatic heterocycles. The molecule has 0 radical (unpaired) electrons. The third kappa shape index (κ3) is 5.13. The first-order chi connectivity index (χ1) is 16.2. The zero-order chi connectivity index (χ0) is 24.3. The normalized spacial score (nSPS) is 13.5. The van der Waals surface area contributed by atoms with Gasteiger partial charge in [0.2, 0.25) is 0 Å². The molecule has 0 saturated carbocycles. The van der Waals surface area contributed by atoms with Crippen molar-refractivity contribution in [3.63, 3.8) is 0 Å². The molecular weight excluding hydrogens is 443 g/mol. The lowest BCUT2D eigenvalue weighted by Crippen LogP contribution is -2.38. The van der Waals surface area contributed by atoms with E-state index in [0.29, 0.717) is 5.69 Å². The van der Waals surface area contributed by atoms with E-state index >= 15 is 0 Å². The molecule has 0 amide bonds. The molecule has 0 fully saturated rings. The minimum absolute atomic E-state index is 0.00622. The van der Waals surface area contributed by atoms with Crippen molar-refractivity contribution in [2.75, 3.05) is 6.61 Å². The largest absolute Gasteiger partial charge is 0.488 e. The van der Waals surface area contributed by atoms with Crippen molar-refractivity contribution in [2.24, 2.45) is 5.73 Å². The number of benzene rings is 3.